The molecule has 0 saturated heterocycles. The normalized spacial score (nSPS) is 12.3. The number of furan rings is 3. The number of benzene rings is 10. The van der Waals surface area contributed by atoms with Gasteiger partial charge in [-0.3, -0.25) is 0 Å². The van der Waals surface area contributed by atoms with Crippen molar-refractivity contribution < 1.29 is 13.3 Å². The molecule has 0 aliphatic rings. The number of fused-ring (bicyclic) bond motifs is 12. The zero-order chi connectivity index (χ0) is 42.6. The summed E-state index contributed by atoms with van der Waals surface area (Å²) in [6, 6.07) is 78.9. The van der Waals surface area contributed by atoms with E-state index in [1.165, 1.54) is 46.5 Å². The minimum atomic E-state index is -3.28. The average Bonchev–Trinajstić information content (AvgIpc) is 4.16. The van der Waals surface area contributed by atoms with Gasteiger partial charge in [-0.15, -0.1) is 11.3 Å². The van der Waals surface area contributed by atoms with Crippen LogP contribution < -0.4 is 20.7 Å². The smallest absolute Gasteiger partial charge is 0.188 e. The topological polar surface area (TPSA) is 39.4 Å². The van der Waals surface area contributed by atoms with Gasteiger partial charge in [0.2, 0.25) is 0 Å². The molecule has 0 N–H and O–H groups in total. The van der Waals surface area contributed by atoms with E-state index >= 15 is 0 Å². The Bertz CT molecular complexity index is 3920. The molecule has 3 nitrogen and oxygen atoms in total. The van der Waals surface area contributed by atoms with Gasteiger partial charge in [0.05, 0.1) is 0 Å². The van der Waals surface area contributed by atoms with Crippen molar-refractivity contribution in [2.24, 2.45) is 0 Å². The minimum Gasteiger partial charge on any atom is -0.455 e. The highest BCUT2D eigenvalue weighted by Crippen LogP contribution is 2.44. The second-order valence-corrected chi connectivity index (χ2v) is 21.8. The molecule has 0 aliphatic carbocycles. The van der Waals surface area contributed by atoms with E-state index in [4.69, 9.17) is 13.3 Å². The van der Waals surface area contributed by atoms with Crippen molar-refractivity contribution in [1.29, 1.82) is 0 Å². The van der Waals surface area contributed by atoms with Crippen LogP contribution in [-0.4, -0.2) is 8.07 Å². The highest BCUT2D eigenvalue weighted by Gasteiger charge is 2.46. The van der Waals surface area contributed by atoms with Crippen LogP contribution in [0.25, 0.3) is 108 Å². The molecule has 0 unspecified atom stereocenters. The van der Waals surface area contributed by atoms with E-state index in [0.29, 0.717) is 0 Å². The van der Waals surface area contributed by atoms with Gasteiger partial charge in [0.25, 0.3) is 0 Å². The molecule has 4 heterocycles. The summed E-state index contributed by atoms with van der Waals surface area (Å²) in [6.07, 6.45) is 0. The van der Waals surface area contributed by atoms with Crippen LogP contribution in [0.15, 0.2) is 232 Å². The molecule has 0 spiro atoms. The van der Waals surface area contributed by atoms with E-state index in [9.17, 15) is 0 Å². The first-order chi connectivity index (χ1) is 32.3. The number of para-hydroxylation sites is 6. The monoisotopic (exact) mass is 864 g/mol. The molecule has 0 aliphatic heterocycles. The first kappa shape index (κ1) is 36.5. The number of hydrogen-bond acceptors (Lipinski definition) is 4. The van der Waals surface area contributed by atoms with Crippen LogP contribution in [0.3, 0.4) is 0 Å². The molecule has 14 rings (SSSR count). The van der Waals surface area contributed by atoms with Gasteiger partial charge in [0, 0.05) is 74.7 Å². The Morgan fingerprint density at radius 2 is 0.677 bits per heavy atom. The standard InChI is InChI=1S/C60H36O3SSi/c1-3-17-37(18-4-1)65(38-19-5-2-6-20-38,53-35-15-29-46-44-26-12-25-43(56(44)62-58(46)53)42-24-11-23-41-39-21-7-9-33-51(39)61-55(41)42)54-36-16-30-47-45-27-13-28-48(57(45)63-59(47)54)50-32-14-31-49-40-22-8-10-34-52(40)64-60(49)50/h1-36H. The van der Waals surface area contributed by atoms with E-state index < -0.39 is 8.07 Å². The molecule has 5 heteroatoms. The van der Waals surface area contributed by atoms with E-state index in [0.717, 1.165) is 82.5 Å². The van der Waals surface area contributed by atoms with E-state index in [2.05, 4.69) is 206 Å². The predicted octanol–water partition coefficient (Wildman–Crippen LogP) is 14.5. The summed E-state index contributed by atoms with van der Waals surface area (Å²) in [7, 11) is -3.28. The van der Waals surface area contributed by atoms with Gasteiger partial charge in [-0.1, -0.05) is 206 Å². The summed E-state index contributed by atoms with van der Waals surface area (Å²) in [4.78, 5) is 0. The molecule has 4 aromatic heterocycles. The lowest BCUT2D eigenvalue weighted by Crippen LogP contribution is -2.75. The van der Waals surface area contributed by atoms with Gasteiger partial charge >= 0.3 is 0 Å². The lowest BCUT2D eigenvalue weighted by Gasteiger charge is -2.34. The Morgan fingerprint density at radius 1 is 0.277 bits per heavy atom. The fourth-order valence-electron chi connectivity index (χ4n) is 10.9. The highest BCUT2D eigenvalue weighted by atomic mass is 32.1. The molecule has 65 heavy (non-hydrogen) atoms. The van der Waals surface area contributed by atoms with E-state index in [1.807, 2.05) is 23.5 Å². The summed E-state index contributed by atoms with van der Waals surface area (Å²) in [5.74, 6) is 0. The summed E-state index contributed by atoms with van der Waals surface area (Å²) in [6.45, 7) is 0. The quantitative estimate of drug-likeness (QED) is 0.123. The molecular weight excluding hydrogens is 829 g/mol. The number of hydrogen-bond donors (Lipinski definition) is 0. The molecule has 0 amide bonds. The molecule has 0 fully saturated rings. The van der Waals surface area contributed by atoms with Crippen LogP contribution in [0.4, 0.5) is 0 Å². The van der Waals surface area contributed by atoms with Crippen LogP contribution in [0, 0.1) is 0 Å². The van der Waals surface area contributed by atoms with Crippen molar-refractivity contribution in [1.82, 2.24) is 0 Å². The molecular formula is C60H36O3SSi. The maximum absolute atomic E-state index is 7.47. The van der Waals surface area contributed by atoms with Gasteiger partial charge in [-0.05, 0) is 32.9 Å². The minimum absolute atomic E-state index is 0.842. The Morgan fingerprint density at radius 3 is 1.26 bits per heavy atom. The number of rotatable bonds is 6. The van der Waals surface area contributed by atoms with Crippen molar-refractivity contribution in [2.75, 3.05) is 0 Å². The zero-order valence-electron chi connectivity index (χ0n) is 34.9. The Labute approximate surface area is 378 Å². The molecule has 0 bridgehead atoms. The van der Waals surface area contributed by atoms with Crippen molar-refractivity contribution in [3.8, 4) is 22.3 Å². The molecule has 14 aromatic rings. The first-order valence-corrected chi connectivity index (χ1v) is 24.9. The van der Waals surface area contributed by atoms with Crippen LogP contribution in [0.5, 0.6) is 0 Å². The van der Waals surface area contributed by atoms with Crippen molar-refractivity contribution in [2.45, 2.75) is 0 Å². The maximum Gasteiger partial charge on any atom is 0.188 e. The Kier molecular flexibility index (Phi) is 7.87. The summed E-state index contributed by atoms with van der Waals surface area (Å²) in [5.41, 5.74) is 9.56. The highest BCUT2D eigenvalue weighted by molar-refractivity contribution is 7.26. The van der Waals surface area contributed by atoms with Crippen molar-refractivity contribution in [3.05, 3.63) is 218 Å². The third-order valence-electron chi connectivity index (χ3n) is 13.7. The van der Waals surface area contributed by atoms with Crippen LogP contribution in [0.2, 0.25) is 0 Å². The third kappa shape index (κ3) is 5.16. The largest absolute Gasteiger partial charge is 0.455 e. The average molecular weight is 865 g/mol. The molecule has 0 saturated carbocycles. The molecule has 0 atom stereocenters. The maximum atomic E-state index is 7.47. The van der Waals surface area contributed by atoms with Crippen LogP contribution in [-0.2, 0) is 0 Å². The van der Waals surface area contributed by atoms with Gasteiger partial charge in [0.15, 0.2) is 8.07 Å². The Balaban J connectivity index is 1.07. The molecule has 10 aromatic carbocycles. The second kappa shape index (κ2) is 14.0. The lowest BCUT2D eigenvalue weighted by molar-refractivity contribution is 0.666. The van der Waals surface area contributed by atoms with Gasteiger partial charge in [-0.2, -0.15) is 0 Å². The van der Waals surface area contributed by atoms with Gasteiger partial charge in [0.1, 0.15) is 33.5 Å². The van der Waals surface area contributed by atoms with Crippen LogP contribution >= 0.6 is 11.3 Å². The summed E-state index contributed by atoms with van der Waals surface area (Å²) >= 11 is 1.85. The molecule has 0 radical (unpaired) electrons. The summed E-state index contributed by atoms with van der Waals surface area (Å²) < 4.78 is 24.1. The van der Waals surface area contributed by atoms with Crippen molar-refractivity contribution in [3.63, 3.8) is 0 Å². The fraction of sp³-hybridized carbons (Fsp3) is 0. The predicted molar refractivity (Wildman–Crippen MR) is 276 cm³/mol. The summed E-state index contributed by atoms with van der Waals surface area (Å²) in [5, 5.41) is 13.9. The SMILES string of the molecule is c1ccc([Si](c2ccccc2)(c2cccc3c2oc2c(-c4cccc5c4oc4ccccc45)cccc23)c2cccc3c2oc2c(-c4cccc5c4sc4ccccc45)cccc23)cc1. The van der Waals surface area contributed by atoms with Gasteiger partial charge < -0.3 is 13.3 Å². The van der Waals surface area contributed by atoms with Gasteiger partial charge in [-0.25, -0.2) is 0 Å². The number of thiophene rings is 1. The first-order valence-electron chi connectivity index (χ1n) is 22.1. The molecule has 304 valence electrons. The fourth-order valence-corrected chi connectivity index (χ4v) is 17.1. The van der Waals surface area contributed by atoms with Crippen molar-refractivity contribution >= 4 is 126 Å². The zero-order valence-corrected chi connectivity index (χ0v) is 36.7. The van der Waals surface area contributed by atoms with E-state index in [1.54, 1.807) is 0 Å². The van der Waals surface area contributed by atoms with E-state index in [-0.39, 0.29) is 0 Å². The van der Waals surface area contributed by atoms with Crippen LogP contribution in [0.1, 0.15) is 0 Å². The lowest BCUT2D eigenvalue weighted by atomic mass is 10.00. The Hall–Kier alpha value is -7.96. The third-order valence-corrected chi connectivity index (χ3v) is 19.7. The second-order valence-electron chi connectivity index (χ2n) is 17.0.